The van der Waals surface area contributed by atoms with Crippen LogP contribution in [0, 0.1) is 35.5 Å². The van der Waals surface area contributed by atoms with Gasteiger partial charge in [-0.25, -0.2) is 0 Å². The van der Waals surface area contributed by atoms with Crippen LogP contribution in [0.25, 0.3) is 0 Å². The van der Waals surface area contributed by atoms with Gasteiger partial charge in [-0.3, -0.25) is 0 Å². The number of hydrogen-bond acceptors (Lipinski definition) is 6. The second kappa shape index (κ2) is 39.7. The number of rotatable bonds is 30. The Morgan fingerprint density at radius 1 is 0.367 bits per heavy atom. The van der Waals surface area contributed by atoms with Crippen LogP contribution in [0.3, 0.4) is 0 Å². The van der Waals surface area contributed by atoms with E-state index >= 15 is 0 Å². The van der Waals surface area contributed by atoms with Crippen molar-refractivity contribution in [3.8, 4) is 0 Å². The molecule has 0 aromatic carbocycles. The van der Waals surface area contributed by atoms with Crippen molar-refractivity contribution < 1.29 is 29.7 Å². The summed E-state index contributed by atoms with van der Waals surface area (Å²) in [5.74, 6) is -1.49. The van der Waals surface area contributed by atoms with Gasteiger partial charge in [0.1, 0.15) is 0 Å². The van der Waals surface area contributed by atoms with E-state index < -0.39 is 17.9 Å². The second-order valence-electron chi connectivity index (χ2n) is 14.4. The Hall–Kier alpha value is -1.06. The van der Waals surface area contributed by atoms with E-state index in [1.165, 1.54) is 57.8 Å². The molecule has 0 saturated carbocycles. The van der Waals surface area contributed by atoms with Crippen LogP contribution >= 0.6 is 0 Å². The van der Waals surface area contributed by atoms with Crippen LogP contribution in [0.1, 0.15) is 216 Å². The quantitative estimate of drug-likeness (QED) is 0.0687. The Morgan fingerprint density at radius 2 is 0.551 bits per heavy atom. The van der Waals surface area contributed by atoms with Gasteiger partial charge in [0.05, 0.1) is 0 Å². The van der Waals surface area contributed by atoms with E-state index in [2.05, 4.69) is 62.3 Å². The fourth-order valence-corrected chi connectivity index (χ4v) is 6.50. The zero-order valence-corrected chi connectivity index (χ0v) is 35.1. The topological polar surface area (TPSA) is 120 Å². The molecule has 288 valence electrons. The molecule has 0 bridgehead atoms. The molecule has 0 aromatic rings. The maximum absolute atomic E-state index is 11.0. The standard InChI is InChI=1S/3C14H28O2.Al/c3*1-4-7-9-12(6-3)11-13(14(15)16)10-8-5-2;/h3*12-13H,4-11H2,1-3H3,(H,15,16);/q;;;+3/p-3. The first-order chi connectivity index (χ1) is 23.0. The third kappa shape index (κ3) is 33.8. The SMILES string of the molecule is CCCCC(CC)CC(CCCC)C(=O)[O-].CCCCC(CC)CC(CCCC)C(=O)[O-].CCCCC(CC)CC(CCCC)C(=O)[O-].[Al+3]. The second-order valence-corrected chi connectivity index (χ2v) is 14.4. The normalized spacial score (nSPS) is 14.4. The molecule has 0 N–H and O–H groups in total. The summed E-state index contributed by atoms with van der Waals surface area (Å²) >= 11 is 0. The molecule has 0 aliphatic heterocycles. The minimum atomic E-state index is -0.844. The summed E-state index contributed by atoms with van der Waals surface area (Å²) in [6.45, 7) is 19.3. The molecule has 0 aromatic heterocycles. The number of carbonyl (C=O) groups is 3. The molecular formula is C42H81AlO6. The van der Waals surface area contributed by atoms with Gasteiger partial charge in [0.15, 0.2) is 0 Å². The molecule has 0 saturated heterocycles. The van der Waals surface area contributed by atoms with Gasteiger partial charge in [-0.2, -0.15) is 0 Å². The summed E-state index contributed by atoms with van der Waals surface area (Å²) in [5.41, 5.74) is 0. The summed E-state index contributed by atoms with van der Waals surface area (Å²) in [5, 5.41) is 33.1. The Morgan fingerprint density at radius 3 is 0.694 bits per heavy atom. The van der Waals surface area contributed by atoms with Crippen molar-refractivity contribution in [1.29, 1.82) is 0 Å². The molecular weight excluding hydrogens is 627 g/mol. The van der Waals surface area contributed by atoms with Crippen molar-refractivity contribution in [2.24, 2.45) is 35.5 Å². The third-order valence-electron chi connectivity index (χ3n) is 10.2. The van der Waals surface area contributed by atoms with Crippen LogP contribution in [0.2, 0.25) is 0 Å². The summed E-state index contributed by atoms with van der Waals surface area (Å²) in [7, 11) is 0. The Labute approximate surface area is 315 Å². The molecule has 0 rings (SSSR count). The smallest absolute Gasteiger partial charge is 0.550 e. The number of carbonyl (C=O) groups excluding carboxylic acids is 3. The molecule has 0 aliphatic carbocycles. The predicted octanol–water partition coefficient (Wildman–Crippen LogP) is 9.07. The van der Waals surface area contributed by atoms with Crippen molar-refractivity contribution in [1.82, 2.24) is 0 Å². The van der Waals surface area contributed by atoms with Gasteiger partial charge in [-0.1, -0.05) is 178 Å². The van der Waals surface area contributed by atoms with E-state index in [9.17, 15) is 29.7 Å². The third-order valence-corrected chi connectivity index (χ3v) is 10.2. The van der Waals surface area contributed by atoms with E-state index in [0.717, 1.165) is 96.3 Å². The van der Waals surface area contributed by atoms with Gasteiger partial charge < -0.3 is 29.7 Å². The number of hydrogen-bond donors (Lipinski definition) is 0. The summed E-state index contributed by atoms with van der Waals surface area (Å²) in [6, 6.07) is 0. The summed E-state index contributed by atoms with van der Waals surface area (Å²) < 4.78 is 0. The molecule has 0 radical (unpaired) electrons. The van der Waals surface area contributed by atoms with Crippen LogP contribution in [0.15, 0.2) is 0 Å². The maximum atomic E-state index is 11.0. The van der Waals surface area contributed by atoms with E-state index in [-0.39, 0.29) is 35.1 Å². The van der Waals surface area contributed by atoms with Gasteiger partial charge >= 0.3 is 17.4 Å². The molecule has 6 unspecified atom stereocenters. The Kier molecular flexibility index (Phi) is 44.4. The number of unbranched alkanes of at least 4 members (excludes halogenated alkanes) is 6. The van der Waals surface area contributed by atoms with Crippen molar-refractivity contribution in [2.75, 3.05) is 0 Å². The van der Waals surface area contributed by atoms with E-state index in [4.69, 9.17) is 0 Å². The van der Waals surface area contributed by atoms with Gasteiger partial charge in [-0.15, -0.1) is 0 Å². The molecule has 7 heteroatoms. The number of carboxylic acid groups (broad SMARTS) is 3. The van der Waals surface area contributed by atoms with E-state index in [0.29, 0.717) is 17.8 Å². The van der Waals surface area contributed by atoms with Gasteiger partial charge in [0.2, 0.25) is 0 Å². The average Bonchev–Trinajstić information content (AvgIpc) is 3.07. The summed E-state index contributed by atoms with van der Waals surface area (Å²) in [4.78, 5) is 33.1. The summed E-state index contributed by atoms with van der Waals surface area (Å²) in [6.07, 6.45) is 25.1. The number of aliphatic carboxylic acids is 3. The zero-order valence-electron chi connectivity index (χ0n) is 34.0. The van der Waals surface area contributed by atoms with Gasteiger partial charge in [0, 0.05) is 17.9 Å². The average molecular weight is 709 g/mol. The van der Waals surface area contributed by atoms with E-state index in [1.807, 2.05) is 0 Å². The largest absolute Gasteiger partial charge is 3.00 e. The van der Waals surface area contributed by atoms with Crippen molar-refractivity contribution in [3.05, 3.63) is 0 Å². The van der Waals surface area contributed by atoms with Crippen LogP contribution in [-0.2, 0) is 14.4 Å². The van der Waals surface area contributed by atoms with E-state index in [1.54, 1.807) is 0 Å². The van der Waals surface area contributed by atoms with Gasteiger partial charge in [0.25, 0.3) is 0 Å². The Balaban J connectivity index is -0.000000307. The van der Waals surface area contributed by atoms with Crippen molar-refractivity contribution in [2.45, 2.75) is 216 Å². The molecule has 0 aliphatic rings. The molecule has 6 nitrogen and oxygen atoms in total. The Bertz CT molecular complexity index is 635. The monoisotopic (exact) mass is 709 g/mol. The minimum absolute atomic E-state index is 0. The molecule has 6 atom stereocenters. The van der Waals surface area contributed by atoms with Crippen molar-refractivity contribution in [3.63, 3.8) is 0 Å². The minimum Gasteiger partial charge on any atom is -0.550 e. The molecule has 0 fully saturated rings. The van der Waals surface area contributed by atoms with Crippen LogP contribution in [0.5, 0.6) is 0 Å². The predicted molar refractivity (Wildman–Crippen MR) is 204 cm³/mol. The van der Waals surface area contributed by atoms with Crippen molar-refractivity contribution >= 4 is 35.3 Å². The van der Waals surface area contributed by atoms with Crippen LogP contribution in [-0.4, -0.2) is 35.3 Å². The van der Waals surface area contributed by atoms with Crippen LogP contribution in [0.4, 0.5) is 0 Å². The first-order valence-electron chi connectivity index (χ1n) is 20.6. The first kappa shape index (κ1) is 54.7. The first-order valence-corrected chi connectivity index (χ1v) is 20.6. The van der Waals surface area contributed by atoms with Gasteiger partial charge in [-0.05, 0) is 74.0 Å². The maximum Gasteiger partial charge on any atom is 3.00 e. The number of carboxylic acids is 3. The van der Waals surface area contributed by atoms with Crippen LogP contribution < -0.4 is 15.3 Å². The fourth-order valence-electron chi connectivity index (χ4n) is 6.50. The molecule has 0 amide bonds. The fraction of sp³-hybridized carbons (Fsp3) is 0.929. The molecule has 49 heavy (non-hydrogen) atoms. The molecule has 0 heterocycles. The molecule has 0 spiro atoms. The zero-order chi connectivity index (χ0) is 37.2.